The number of ether oxygens (including phenoxy) is 1. The van der Waals surface area contributed by atoms with Gasteiger partial charge < -0.3 is 4.74 Å². The molecule has 0 radical (unpaired) electrons. The van der Waals surface area contributed by atoms with Gasteiger partial charge in [-0.3, -0.25) is 0 Å². The summed E-state index contributed by atoms with van der Waals surface area (Å²) in [4.78, 5) is 0.220. The lowest BCUT2D eigenvalue weighted by molar-refractivity contribution is 0.306. The number of nitrogens with zero attached hydrogens (tertiary/aromatic N) is 4. The van der Waals surface area contributed by atoms with Crippen molar-refractivity contribution in [2.75, 3.05) is 13.2 Å². The molecule has 31 heavy (non-hydrogen) atoms. The SMILES string of the molecule is Cc1cc(C)cc(S(=O)(=O)NCCOc2ccc3nnc(-c4ccc(F)cc4)n3n2)c1. The largest absolute Gasteiger partial charge is 0.475 e. The first-order valence-corrected chi connectivity index (χ1v) is 11.0. The van der Waals surface area contributed by atoms with Gasteiger partial charge in [0.2, 0.25) is 15.9 Å². The zero-order valence-electron chi connectivity index (χ0n) is 16.9. The minimum atomic E-state index is -3.64. The predicted octanol–water partition coefficient (Wildman–Crippen LogP) is 2.90. The number of rotatable bonds is 7. The number of hydrogen-bond donors (Lipinski definition) is 1. The molecule has 2 aromatic carbocycles. The molecule has 4 aromatic rings. The van der Waals surface area contributed by atoms with Gasteiger partial charge in [-0.1, -0.05) is 6.07 Å². The number of nitrogens with one attached hydrogen (secondary N) is 1. The molecule has 0 fully saturated rings. The summed E-state index contributed by atoms with van der Waals surface area (Å²) in [6, 6.07) is 14.3. The van der Waals surface area contributed by atoms with Crippen LogP contribution in [0.3, 0.4) is 0 Å². The standard InChI is InChI=1S/C21H20FN5O3S/c1-14-11-15(2)13-18(12-14)31(28,29)23-9-10-30-20-8-7-19-24-25-21(27(19)26-20)16-3-5-17(22)6-4-16/h3-8,11-13,23H,9-10H2,1-2H3. The van der Waals surface area contributed by atoms with Crippen molar-refractivity contribution in [2.24, 2.45) is 0 Å². The monoisotopic (exact) mass is 441 g/mol. The van der Waals surface area contributed by atoms with Crippen LogP contribution in [0.25, 0.3) is 17.0 Å². The van der Waals surface area contributed by atoms with E-state index in [-0.39, 0.29) is 29.7 Å². The van der Waals surface area contributed by atoms with E-state index in [4.69, 9.17) is 4.74 Å². The Morgan fingerprint density at radius 3 is 2.42 bits per heavy atom. The Balaban J connectivity index is 1.43. The van der Waals surface area contributed by atoms with Crippen molar-refractivity contribution in [1.29, 1.82) is 0 Å². The van der Waals surface area contributed by atoms with Gasteiger partial charge in [0.15, 0.2) is 11.5 Å². The Labute approximate surface area is 178 Å². The van der Waals surface area contributed by atoms with E-state index in [1.54, 1.807) is 36.4 Å². The first kappa shape index (κ1) is 20.9. The van der Waals surface area contributed by atoms with Crippen LogP contribution in [0.2, 0.25) is 0 Å². The fourth-order valence-corrected chi connectivity index (χ4v) is 4.33. The van der Waals surface area contributed by atoms with E-state index in [9.17, 15) is 12.8 Å². The Morgan fingerprint density at radius 2 is 1.71 bits per heavy atom. The Morgan fingerprint density at radius 1 is 1.00 bits per heavy atom. The molecular weight excluding hydrogens is 421 g/mol. The molecule has 4 rings (SSSR count). The highest BCUT2D eigenvalue weighted by atomic mass is 32.2. The van der Waals surface area contributed by atoms with Gasteiger partial charge in [-0.25, -0.2) is 17.5 Å². The molecule has 0 atom stereocenters. The van der Waals surface area contributed by atoms with E-state index in [1.165, 1.54) is 16.6 Å². The minimum absolute atomic E-state index is 0.0715. The number of aromatic nitrogens is 4. The summed E-state index contributed by atoms with van der Waals surface area (Å²) in [5.74, 6) is 0.370. The van der Waals surface area contributed by atoms with Gasteiger partial charge in [0.05, 0.1) is 4.90 Å². The van der Waals surface area contributed by atoms with E-state index in [2.05, 4.69) is 20.0 Å². The summed E-state index contributed by atoms with van der Waals surface area (Å²) in [6.45, 7) is 3.85. The first-order valence-electron chi connectivity index (χ1n) is 9.51. The summed E-state index contributed by atoms with van der Waals surface area (Å²) in [7, 11) is -3.64. The second-order valence-corrected chi connectivity index (χ2v) is 8.81. The number of sulfonamides is 1. The van der Waals surface area contributed by atoms with Crippen molar-refractivity contribution in [1.82, 2.24) is 24.5 Å². The molecule has 0 spiro atoms. The zero-order chi connectivity index (χ0) is 22.0. The van der Waals surface area contributed by atoms with Crippen LogP contribution in [0.15, 0.2) is 59.5 Å². The number of benzene rings is 2. The summed E-state index contributed by atoms with van der Waals surface area (Å²) in [6.07, 6.45) is 0. The average molecular weight is 441 g/mol. The molecule has 0 aliphatic heterocycles. The molecule has 0 saturated carbocycles. The van der Waals surface area contributed by atoms with Crippen LogP contribution in [0.4, 0.5) is 4.39 Å². The fraction of sp³-hybridized carbons (Fsp3) is 0.190. The maximum atomic E-state index is 13.2. The lowest BCUT2D eigenvalue weighted by Gasteiger charge is -2.10. The van der Waals surface area contributed by atoms with Crippen LogP contribution in [-0.2, 0) is 10.0 Å². The van der Waals surface area contributed by atoms with Gasteiger partial charge in [0.1, 0.15) is 12.4 Å². The number of fused-ring (bicyclic) bond motifs is 1. The molecule has 1 N–H and O–H groups in total. The van der Waals surface area contributed by atoms with Crippen LogP contribution in [0.5, 0.6) is 5.88 Å². The average Bonchev–Trinajstić information content (AvgIpc) is 3.14. The predicted molar refractivity (Wildman–Crippen MR) is 113 cm³/mol. The summed E-state index contributed by atoms with van der Waals surface area (Å²) < 4.78 is 47.8. The molecule has 0 unspecified atom stereocenters. The van der Waals surface area contributed by atoms with Gasteiger partial charge in [0, 0.05) is 18.2 Å². The third-order valence-electron chi connectivity index (χ3n) is 4.49. The van der Waals surface area contributed by atoms with Crippen molar-refractivity contribution in [3.05, 3.63) is 71.5 Å². The maximum Gasteiger partial charge on any atom is 0.240 e. The molecule has 0 bridgehead atoms. The van der Waals surface area contributed by atoms with Gasteiger partial charge >= 0.3 is 0 Å². The van der Waals surface area contributed by atoms with Crippen LogP contribution in [0, 0.1) is 19.7 Å². The van der Waals surface area contributed by atoms with Crippen molar-refractivity contribution < 1.29 is 17.5 Å². The lowest BCUT2D eigenvalue weighted by atomic mass is 10.2. The third kappa shape index (κ3) is 4.70. The summed E-state index contributed by atoms with van der Waals surface area (Å²) >= 11 is 0. The fourth-order valence-electron chi connectivity index (χ4n) is 3.13. The molecule has 10 heteroatoms. The van der Waals surface area contributed by atoms with Crippen LogP contribution >= 0.6 is 0 Å². The number of halogens is 1. The van der Waals surface area contributed by atoms with Crippen molar-refractivity contribution in [3.63, 3.8) is 0 Å². The Bertz CT molecular complexity index is 1320. The second kappa shape index (κ2) is 8.40. The number of aryl methyl sites for hydroxylation is 2. The molecule has 0 aliphatic rings. The summed E-state index contributed by atoms with van der Waals surface area (Å²) in [5, 5.41) is 12.5. The molecule has 2 aromatic heterocycles. The molecule has 8 nitrogen and oxygen atoms in total. The second-order valence-electron chi connectivity index (χ2n) is 7.04. The van der Waals surface area contributed by atoms with Crippen molar-refractivity contribution in [3.8, 4) is 17.3 Å². The van der Waals surface area contributed by atoms with Gasteiger partial charge in [-0.05, 0) is 67.4 Å². The molecule has 2 heterocycles. The summed E-state index contributed by atoms with van der Waals surface area (Å²) in [5.41, 5.74) is 2.90. The smallest absolute Gasteiger partial charge is 0.240 e. The topological polar surface area (TPSA) is 98.5 Å². The van der Waals surface area contributed by atoms with E-state index in [0.717, 1.165) is 11.1 Å². The third-order valence-corrected chi connectivity index (χ3v) is 5.93. The van der Waals surface area contributed by atoms with E-state index >= 15 is 0 Å². The quantitative estimate of drug-likeness (QED) is 0.443. The molecular formula is C21H20FN5O3S. The van der Waals surface area contributed by atoms with Gasteiger partial charge in [-0.2, -0.15) is 4.52 Å². The highest BCUT2D eigenvalue weighted by Gasteiger charge is 2.15. The molecule has 0 saturated heterocycles. The van der Waals surface area contributed by atoms with Crippen molar-refractivity contribution >= 4 is 15.7 Å². The lowest BCUT2D eigenvalue weighted by Crippen LogP contribution is -2.28. The van der Waals surface area contributed by atoms with Crippen LogP contribution in [0.1, 0.15) is 11.1 Å². The van der Waals surface area contributed by atoms with E-state index < -0.39 is 10.0 Å². The van der Waals surface area contributed by atoms with Crippen LogP contribution < -0.4 is 9.46 Å². The van der Waals surface area contributed by atoms with Crippen molar-refractivity contribution in [2.45, 2.75) is 18.7 Å². The number of hydrogen-bond acceptors (Lipinski definition) is 6. The highest BCUT2D eigenvalue weighted by molar-refractivity contribution is 7.89. The normalized spacial score (nSPS) is 11.7. The van der Waals surface area contributed by atoms with Gasteiger partial charge in [0.25, 0.3) is 0 Å². The highest BCUT2D eigenvalue weighted by Crippen LogP contribution is 2.19. The van der Waals surface area contributed by atoms with Crippen LogP contribution in [-0.4, -0.2) is 41.4 Å². The first-order chi connectivity index (χ1) is 14.8. The molecule has 0 aliphatic carbocycles. The maximum absolute atomic E-state index is 13.2. The Hall–Kier alpha value is -3.37. The Kier molecular flexibility index (Phi) is 5.66. The van der Waals surface area contributed by atoms with Gasteiger partial charge in [-0.15, -0.1) is 15.3 Å². The van der Waals surface area contributed by atoms with E-state index in [0.29, 0.717) is 17.0 Å². The zero-order valence-corrected chi connectivity index (χ0v) is 17.7. The molecule has 160 valence electrons. The minimum Gasteiger partial charge on any atom is -0.475 e. The molecule has 0 amide bonds. The van der Waals surface area contributed by atoms with E-state index in [1.807, 2.05) is 19.9 Å².